The van der Waals surface area contributed by atoms with Crippen molar-refractivity contribution in [2.45, 2.75) is 50.2 Å². The zero-order chi connectivity index (χ0) is 16.0. The van der Waals surface area contributed by atoms with E-state index in [9.17, 15) is 4.79 Å². The largest absolute Gasteiger partial charge is 0.344 e. The normalized spacial score (nSPS) is 29.2. The van der Waals surface area contributed by atoms with Gasteiger partial charge in [0.25, 0.3) is 0 Å². The quantitative estimate of drug-likeness (QED) is 0.795. The highest BCUT2D eigenvalue weighted by molar-refractivity contribution is 5.83. The van der Waals surface area contributed by atoms with Gasteiger partial charge in [-0.25, -0.2) is 0 Å². The Balaban J connectivity index is 1.32. The van der Waals surface area contributed by atoms with E-state index in [0.717, 1.165) is 44.2 Å². The van der Waals surface area contributed by atoms with Gasteiger partial charge in [0.1, 0.15) is 0 Å². The molecule has 1 aromatic heterocycles. The van der Waals surface area contributed by atoms with Crippen LogP contribution in [-0.4, -0.2) is 76.6 Å². The maximum atomic E-state index is 12.2. The number of likely N-dealkylation sites (N-methyl/N-ethyl adjacent to an activating group) is 2. The fourth-order valence-corrected chi connectivity index (χ4v) is 3.73. The van der Waals surface area contributed by atoms with Crippen molar-refractivity contribution in [2.75, 3.05) is 33.7 Å². The van der Waals surface area contributed by atoms with Crippen LogP contribution in [0.25, 0.3) is 0 Å². The molecular weight excluding hydrogens is 294 g/mol. The highest BCUT2D eigenvalue weighted by Crippen LogP contribution is 2.38. The summed E-state index contributed by atoms with van der Waals surface area (Å²) in [5, 5.41) is 4.11. The number of likely N-dealkylation sites (tertiary alicyclic amines) is 2. The van der Waals surface area contributed by atoms with Crippen LogP contribution in [0.5, 0.6) is 0 Å². The predicted octanol–water partition coefficient (Wildman–Crippen LogP) is 0.684. The Hall–Kier alpha value is -1.47. The van der Waals surface area contributed by atoms with Gasteiger partial charge in [-0.3, -0.25) is 14.6 Å². The van der Waals surface area contributed by atoms with E-state index in [4.69, 9.17) is 4.52 Å². The van der Waals surface area contributed by atoms with E-state index in [-0.39, 0.29) is 11.9 Å². The van der Waals surface area contributed by atoms with E-state index in [1.807, 2.05) is 11.9 Å². The van der Waals surface area contributed by atoms with Crippen LogP contribution in [0, 0.1) is 0 Å². The van der Waals surface area contributed by atoms with E-state index in [1.165, 1.54) is 12.8 Å². The molecule has 0 N–H and O–H groups in total. The molecule has 0 radical (unpaired) electrons. The van der Waals surface area contributed by atoms with Crippen molar-refractivity contribution in [1.29, 1.82) is 0 Å². The lowest BCUT2D eigenvalue weighted by Gasteiger charge is -2.25. The second kappa shape index (κ2) is 5.87. The number of carbonyl (C=O) groups excluding carboxylic acids is 1. The van der Waals surface area contributed by atoms with Crippen LogP contribution in [0.2, 0.25) is 0 Å². The molecular formula is C16H25N5O2. The lowest BCUT2D eigenvalue weighted by atomic mass is 10.2. The van der Waals surface area contributed by atoms with Crippen molar-refractivity contribution in [3.8, 4) is 0 Å². The fraction of sp³-hybridized carbons (Fsp3) is 0.812. The molecule has 23 heavy (non-hydrogen) atoms. The molecule has 0 spiro atoms. The summed E-state index contributed by atoms with van der Waals surface area (Å²) in [6.45, 7) is 3.55. The average molecular weight is 319 g/mol. The maximum Gasteiger partial charge on any atom is 0.239 e. The van der Waals surface area contributed by atoms with Gasteiger partial charge in [0.15, 0.2) is 5.82 Å². The van der Waals surface area contributed by atoms with Gasteiger partial charge in [0.05, 0.1) is 12.6 Å². The Kier molecular flexibility index (Phi) is 3.85. The van der Waals surface area contributed by atoms with E-state index < -0.39 is 0 Å². The average Bonchev–Trinajstić information content (AvgIpc) is 2.94. The summed E-state index contributed by atoms with van der Waals surface area (Å²) in [5.74, 6) is 2.38. The SMILES string of the molecule is CN1CC[C@H](N2CC[C@@H](N(C)Cc3noc(C4CC4)n3)C2)C1=O. The van der Waals surface area contributed by atoms with Gasteiger partial charge < -0.3 is 9.42 Å². The van der Waals surface area contributed by atoms with Crippen LogP contribution in [0.1, 0.15) is 43.3 Å². The molecule has 7 nitrogen and oxygen atoms in total. The molecule has 1 aliphatic carbocycles. The minimum atomic E-state index is 0.0880. The molecule has 2 atom stereocenters. The summed E-state index contributed by atoms with van der Waals surface area (Å²) in [5.41, 5.74) is 0. The molecule has 3 heterocycles. The Morgan fingerprint density at radius 3 is 2.78 bits per heavy atom. The first-order chi connectivity index (χ1) is 11.1. The summed E-state index contributed by atoms with van der Waals surface area (Å²) in [4.78, 5) is 23.2. The molecule has 3 aliphatic rings. The maximum absolute atomic E-state index is 12.2. The highest BCUT2D eigenvalue weighted by atomic mass is 16.5. The predicted molar refractivity (Wildman–Crippen MR) is 83.8 cm³/mol. The first kappa shape index (κ1) is 15.1. The van der Waals surface area contributed by atoms with E-state index in [0.29, 0.717) is 18.5 Å². The van der Waals surface area contributed by atoms with Crippen LogP contribution >= 0.6 is 0 Å². The first-order valence-corrected chi connectivity index (χ1v) is 8.63. The Labute approximate surface area is 136 Å². The molecule has 1 saturated carbocycles. The van der Waals surface area contributed by atoms with Crippen molar-refractivity contribution < 1.29 is 9.32 Å². The summed E-state index contributed by atoms with van der Waals surface area (Å²) in [6.07, 6.45) is 4.41. The molecule has 0 bridgehead atoms. The summed E-state index contributed by atoms with van der Waals surface area (Å²) < 4.78 is 5.33. The van der Waals surface area contributed by atoms with Gasteiger partial charge in [-0.1, -0.05) is 5.16 Å². The number of amides is 1. The standard InChI is InChI=1S/C16H25N5O2/c1-19-7-6-13(16(19)22)21-8-5-12(9-21)20(2)10-14-17-15(23-18-14)11-3-4-11/h11-13H,3-10H2,1-2H3/t12-,13+/m1/s1. The fourth-order valence-electron chi connectivity index (χ4n) is 3.73. The highest BCUT2D eigenvalue weighted by Gasteiger charge is 2.38. The number of carbonyl (C=O) groups is 1. The molecule has 126 valence electrons. The number of aromatic nitrogens is 2. The molecule has 7 heteroatoms. The van der Waals surface area contributed by atoms with E-state index in [2.05, 4.69) is 27.0 Å². The van der Waals surface area contributed by atoms with Crippen molar-refractivity contribution in [3.63, 3.8) is 0 Å². The zero-order valence-electron chi connectivity index (χ0n) is 13.9. The van der Waals surface area contributed by atoms with Gasteiger partial charge in [-0.05, 0) is 32.7 Å². The zero-order valence-corrected chi connectivity index (χ0v) is 13.9. The van der Waals surface area contributed by atoms with Crippen LogP contribution in [0.15, 0.2) is 4.52 Å². The third kappa shape index (κ3) is 2.99. The van der Waals surface area contributed by atoms with Crippen LogP contribution in [0.3, 0.4) is 0 Å². The monoisotopic (exact) mass is 319 g/mol. The lowest BCUT2D eigenvalue weighted by molar-refractivity contribution is -0.130. The summed E-state index contributed by atoms with van der Waals surface area (Å²) >= 11 is 0. The summed E-state index contributed by atoms with van der Waals surface area (Å²) in [6, 6.07) is 0.543. The first-order valence-electron chi connectivity index (χ1n) is 8.63. The van der Waals surface area contributed by atoms with Crippen molar-refractivity contribution >= 4 is 5.91 Å². The number of hydrogen-bond acceptors (Lipinski definition) is 6. The smallest absolute Gasteiger partial charge is 0.239 e. The topological polar surface area (TPSA) is 65.7 Å². The van der Waals surface area contributed by atoms with Gasteiger partial charge in [0, 0.05) is 38.6 Å². The molecule has 1 aromatic rings. The van der Waals surface area contributed by atoms with Crippen molar-refractivity contribution in [3.05, 3.63) is 11.7 Å². The molecule has 3 fully saturated rings. The van der Waals surface area contributed by atoms with Gasteiger partial charge in [-0.2, -0.15) is 4.98 Å². The third-order valence-corrected chi connectivity index (χ3v) is 5.46. The molecule has 1 amide bonds. The van der Waals surface area contributed by atoms with Crippen molar-refractivity contribution in [1.82, 2.24) is 24.8 Å². The van der Waals surface area contributed by atoms with Gasteiger partial charge in [0.2, 0.25) is 11.8 Å². The molecule has 4 rings (SSSR count). The minimum Gasteiger partial charge on any atom is -0.344 e. The number of hydrogen-bond donors (Lipinski definition) is 0. The Morgan fingerprint density at radius 1 is 1.26 bits per heavy atom. The van der Waals surface area contributed by atoms with Gasteiger partial charge in [-0.15, -0.1) is 0 Å². The minimum absolute atomic E-state index is 0.0880. The second-order valence-corrected chi connectivity index (χ2v) is 7.24. The van der Waals surface area contributed by atoms with Crippen LogP contribution in [0.4, 0.5) is 0 Å². The van der Waals surface area contributed by atoms with E-state index >= 15 is 0 Å². The Morgan fingerprint density at radius 2 is 2.09 bits per heavy atom. The summed E-state index contributed by atoms with van der Waals surface area (Å²) in [7, 11) is 4.01. The number of nitrogens with zero attached hydrogens (tertiary/aromatic N) is 5. The van der Waals surface area contributed by atoms with Crippen LogP contribution in [-0.2, 0) is 11.3 Å². The Bertz CT molecular complexity index is 585. The molecule has 2 aliphatic heterocycles. The van der Waals surface area contributed by atoms with Crippen molar-refractivity contribution in [2.24, 2.45) is 0 Å². The molecule has 0 aromatic carbocycles. The van der Waals surface area contributed by atoms with Gasteiger partial charge >= 0.3 is 0 Å². The lowest BCUT2D eigenvalue weighted by Crippen LogP contribution is -2.42. The molecule has 0 unspecified atom stereocenters. The second-order valence-electron chi connectivity index (χ2n) is 7.24. The third-order valence-electron chi connectivity index (χ3n) is 5.46. The number of rotatable bonds is 5. The molecule has 2 saturated heterocycles. The van der Waals surface area contributed by atoms with Crippen LogP contribution < -0.4 is 0 Å². The van der Waals surface area contributed by atoms with E-state index in [1.54, 1.807) is 0 Å².